The summed E-state index contributed by atoms with van der Waals surface area (Å²) in [6, 6.07) is 10.8. The number of nitrogens with zero attached hydrogens (tertiary/aromatic N) is 4. The third-order valence-electron chi connectivity index (χ3n) is 5.10. The Morgan fingerprint density at radius 1 is 1.12 bits per heavy atom. The van der Waals surface area contributed by atoms with Crippen molar-refractivity contribution >= 4 is 44.1 Å². The van der Waals surface area contributed by atoms with Crippen LogP contribution in [0.2, 0.25) is 0 Å². The Balaban J connectivity index is 1.69. The van der Waals surface area contributed by atoms with E-state index in [0.29, 0.717) is 37.9 Å². The molecule has 0 saturated carbocycles. The number of aromatic nitrogens is 1. The van der Waals surface area contributed by atoms with E-state index in [0.717, 1.165) is 27.5 Å². The standard InChI is InChI=1S/C23H28N4O3S3/c1-17(2)15-18(3)25-27-21(22-5-4-14-31-22)16-32-23(27)24-19-6-8-20(9-7-19)33(28,29)26-10-12-30-13-11-26/h4-9,14,16-17H,10-13,15H2,1-3H3. The molecule has 1 aromatic carbocycles. The number of hydrogen-bond acceptors (Lipinski definition) is 7. The minimum absolute atomic E-state index is 0.271. The van der Waals surface area contributed by atoms with Gasteiger partial charge in [-0.25, -0.2) is 18.1 Å². The van der Waals surface area contributed by atoms with Crippen LogP contribution in [0, 0.1) is 5.92 Å². The van der Waals surface area contributed by atoms with Gasteiger partial charge in [0.2, 0.25) is 14.8 Å². The second-order valence-electron chi connectivity index (χ2n) is 8.25. The molecule has 33 heavy (non-hydrogen) atoms. The van der Waals surface area contributed by atoms with Crippen molar-refractivity contribution in [3.05, 3.63) is 52.0 Å². The molecular formula is C23H28N4O3S3. The summed E-state index contributed by atoms with van der Waals surface area (Å²) in [6.07, 6.45) is 0.903. The van der Waals surface area contributed by atoms with E-state index in [1.807, 2.05) is 23.0 Å². The molecule has 2 aromatic heterocycles. The van der Waals surface area contributed by atoms with Crippen LogP contribution in [-0.4, -0.2) is 49.4 Å². The van der Waals surface area contributed by atoms with Crippen LogP contribution in [0.4, 0.5) is 5.69 Å². The van der Waals surface area contributed by atoms with E-state index in [4.69, 9.17) is 14.8 Å². The Bertz CT molecular complexity index is 1270. The van der Waals surface area contributed by atoms with Gasteiger partial charge in [0.1, 0.15) is 0 Å². The lowest BCUT2D eigenvalue weighted by molar-refractivity contribution is 0.0730. The summed E-state index contributed by atoms with van der Waals surface area (Å²) >= 11 is 3.18. The van der Waals surface area contributed by atoms with Crippen molar-refractivity contribution < 1.29 is 13.2 Å². The third kappa shape index (κ3) is 5.70. The van der Waals surface area contributed by atoms with E-state index in [9.17, 15) is 8.42 Å². The van der Waals surface area contributed by atoms with Gasteiger partial charge in [0.15, 0.2) is 0 Å². The number of thiophene rings is 1. The van der Waals surface area contributed by atoms with E-state index >= 15 is 0 Å². The fraction of sp³-hybridized carbons (Fsp3) is 0.391. The van der Waals surface area contributed by atoms with Gasteiger partial charge in [-0.05, 0) is 55.0 Å². The highest BCUT2D eigenvalue weighted by Gasteiger charge is 2.26. The average Bonchev–Trinajstić information content (AvgIpc) is 3.45. The molecule has 7 nitrogen and oxygen atoms in total. The maximum Gasteiger partial charge on any atom is 0.243 e. The number of sulfonamides is 1. The minimum Gasteiger partial charge on any atom is -0.379 e. The van der Waals surface area contributed by atoms with Gasteiger partial charge >= 0.3 is 0 Å². The van der Waals surface area contributed by atoms with Crippen LogP contribution >= 0.6 is 22.7 Å². The molecule has 0 amide bonds. The van der Waals surface area contributed by atoms with E-state index in [1.165, 1.54) is 15.6 Å². The normalized spacial score (nSPS) is 16.6. The first-order chi connectivity index (χ1) is 15.8. The summed E-state index contributed by atoms with van der Waals surface area (Å²) in [7, 11) is -3.52. The Morgan fingerprint density at radius 3 is 2.48 bits per heavy atom. The largest absolute Gasteiger partial charge is 0.379 e. The summed E-state index contributed by atoms with van der Waals surface area (Å²) in [5.41, 5.74) is 2.72. The Hall–Kier alpha value is -2.11. The first-order valence-electron chi connectivity index (χ1n) is 10.9. The Morgan fingerprint density at radius 2 is 1.85 bits per heavy atom. The van der Waals surface area contributed by atoms with E-state index in [2.05, 4.69) is 25.3 Å². The summed E-state index contributed by atoms with van der Waals surface area (Å²) in [6.45, 7) is 8.00. The number of benzene rings is 1. The van der Waals surface area contributed by atoms with Crippen LogP contribution in [0.25, 0.3) is 10.6 Å². The highest BCUT2D eigenvalue weighted by molar-refractivity contribution is 7.89. The predicted octanol–water partition coefficient (Wildman–Crippen LogP) is 4.80. The second-order valence-corrected chi connectivity index (χ2v) is 12.0. The fourth-order valence-corrected chi connectivity index (χ4v) is 6.66. The van der Waals surface area contributed by atoms with E-state index in [1.54, 1.807) is 35.6 Å². The van der Waals surface area contributed by atoms with Crippen LogP contribution < -0.4 is 4.80 Å². The van der Waals surface area contributed by atoms with Crippen molar-refractivity contribution in [2.24, 2.45) is 16.0 Å². The van der Waals surface area contributed by atoms with E-state index in [-0.39, 0.29) is 4.90 Å². The SMILES string of the molecule is CC(CC(C)C)=Nn1c(-c2cccs2)csc1=Nc1ccc(S(=O)(=O)N2CCOCC2)cc1. The Kier molecular flexibility index (Phi) is 7.60. The number of thiazole rings is 1. The maximum atomic E-state index is 12.9. The minimum atomic E-state index is -3.52. The lowest BCUT2D eigenvalue weighted by atomic mass is 10.1. The molecule has 0 atom stereocenters. The number of hydrogen-bond donors (Lipinski definition) is 0. The maximum absolute atomic E-state index is 12.9. The van der Waals surface area contributed by atoms with Crippen molar-refractivity contribution in [3.63, 3.8) is 0 Å². The van der Waals surface area contributed by atoms with Crippen molar-refractivity contribution in [2.45, 2.75) is 32.1 Å². The molecule has 1 saturated heterocycles. The average molecular weight is 505 g/mol. The zero-order chi connectivity index (χ0) is 23.4. The monoisotopic (exact) mass is 504 g/mol. The molecule has 0 spiro atoms. The zero-order valence-electron chi connectivity index (χ0n) is 19.0. The van der Waals surface area contributed by atoms with Crippen LogP contribution in [-0.2, 0) is 14.8 Å². The van der Waals surface area contributed by atoms with Gasteiger partial charge < -0.3 is 4.74 Å². The lowest BCUT2D eigenvalue weighted by Crippen LogP contribution is -2.40. The number of ether oxygens (including phenoxy) is 1. The molecule has 3 heterocycles. The van der Waals surface area contributed by atoms with Gasteiger partial charge in [-0.3, -0.25) is 0 Å². The molecule has 0 radical (unpaired) electrons. The van der Waals surface area contributed by atoms with Crippen molar-refractivity contribution in [2.75, 3.05) is 26.3 Å². The lowest BCUT2D eigenvalue weighted by Gasteiger charge is -2.26. The molecule has 0 aliphatic carbocycles. The summed E-state index contributed by atoms with van der Waals surface area (Å²) in [4.78, 5) is 6.93. The van der Waals surface area contributed by atoms with Gasteiger partial charge in [-0.2, -0.15) is 9.41 Å². The molecule has 1 aliphatic heterocycles. The quantitative estimate of drug-likeness (QED) is 0.434. The fourth-order valence-electron chi connectivity index (χ4n) is 3.61. The molecule has 10 heteroatoms. The second kappa shape index (κ2) is 10.4. The van der Waals surface area contributed by atoms with Crippen molar-refractivity contribution in [3.8, 4) is 10.6 Å². The van der Waals surface area contributed by atoms with Gasteiger partial charge in [0.25, 0.3) is 0 Å². The molecule has 4 rings (SSSR count). The first-order valence-corrected chi connectivity index (χ1v) is 14.1. The topological polar surface area (TPSA) is 76.3 Å². The van der Waals surface area contributed by atoms with Crippen molar-refractivity contribution in [1.82, 2.24) is 8.98 Å². The van der Waals surface area contributed by atoms with Crippen LogP contribution in [0.1, 0.15) is 27.2 Å². The molecule has 0 unspecified atom stereocenters. The summed E-state index contributed by atoms with van der Waals surface area (Å²) < 4.78 is 34.4. The first kappa shape index (κ1) is 24.0. The van der Waals surface area contributed by atoms with Gasteiger partial charge in [-0.1, -0.05) is 19.9 Å². The number of morpholine rings is 1. The number of rotatable bonds is 7. The Labute approximate surface area is 202 Å². The third-order valence-corrected chi connectivity index (χ3v) is 8.72. The molecule has 0 N–H and O–H groups in total. The summed E-state index contributed by atoms with van der Waals surface area (Å²) in [5, 5.41) is 8.98. The smallest absolute Gasteiger partial charge is 0.243 e. The molecule has 1 aliphatic rings. The molecule has 1 fully saturated rings. The van der Waals surface area contributed by atoms with Crippen LogP contribution in [0.5, 0.6) is 0 Å². The zero-order valence-corrected chi connectivity index (χ0v) is 21.4. The predicted molar refractivity (Wildman–Crippen MR) is 135 cm³/mol. The van der Waals surface area contributed by atoms with Gasteiger partial charge in [0, 0.05) is 24.2 Å². The van der Waals surface area contributed by atoms with Crippen molar-refractivity contribution in [1.29, 1.82) is 0 Å². The summed E-state index contributed by atoms with van der Waals surface area (Å²) in [5.74, 6) is 0.513. The van der Waals surface area contributed by atoms with Crippen LogP contribution in [0.3, 0.4) is 0 Å². The highest BCUT2D eigenvalue weighted by atomic mass is 32.2. The van der Waals surface area contributed by atoms with Crippen LogP contribution in [0.15, 0.2) is 62.1 Å². The molecular weight excluding hydrogens is 476 g/mol. The van der Waals surface area contributed by atoms with Gasteiger partial charge in [0.05, 0.1) is 34.4 Å². The molecule has 3 aromatic rings. The molecule has 176 valence electrons. The highest BCUT2D eigenvalue weighted by Crippen LogP contribution is 2.26. The van der Waals surface area contributed by atoms with Gasteiger partial charge in [-0.15, -0.1) is 22.7 Å². The molecule has 0 bridgehead atoms. The van der Waals surface area contributed by atoms with E-state index < -0.39 is 10.0 Å².